The third-order valence-corrected chi connectivity index (χ3v) is 3.34. The molecule has 0 heterocycles. The van der Waals surface area contributed by atoms with E-state index in [1.165, 1.54) is 18.2 Å². The Bertz CT molecular complexity index is 642. The van der Waals surface area contributed by atoms with Crippen molar-refractivity contribution in [1.29, 1.82) is 0 Å². The van der Waals surface area contributed by atoms with Crippen molar-refractivity contribution in [2.45, 2.75) is 12.5 Å². The van der Waals surface area contributed by atoms with E-state index in [1.807, 2.05) is 6.07 Å². The van der Waals surface area contributed by atoms with Gasteiger partial charge in [0.2, 0.25) is 0 Å². The third kappa shape index (κ3) is 3.14. The molecule has 1 amide bonds. The Morgan fingerprint density at radius 2 is 1.81 bits per heavy atom. The number of rotatable bonds is 4. The maximum absolute atomic E-state index is 12.3. The lowest BCUT2D eigenvalue weighted by Gasteiger charge is -2.29. The number of hydrogen-bond acceptors (Lipinski definition) is 4. The zero-order valence-corrected chi connectivity index (χ0v) is 11.6. The van der Waals surface area contributed by atoms with Crippen LogP contribution in [0.2, 0.25) is 0 Å². The lowest BCUT2D eigenvalue weighted by atomic mass is 9.92. The monoisotopic (exact) mass is 287 g/mol. The van der Waals surface area contributed by atoms with Gasteiger partial charge in [0.25, 0.3) is 5.91 Å². The molecular weight excluding hydrogens is 270 g/mol. The highest BCUT2D eigenvalue weighted by molar-refractivity contribution is 5.97. The second-order valence-corrected chi connectivity index (χ2v) is 5.01. The van der Waals surface area contributed by atoms with E-state index >= 15 is 0 Å². The van der Waals surface area contributed by atoms with Crippen LogP contribution in [0.25, 0.3) is 0 Å². The van der Waals surface area contributed by atoms with Gasteiger partial charge < -0.3 is 20.6 Å². The van der Waals surface area contributed by atoms with Gasteiger partial charge in [0.05, 0.1) is 17.7 Å². The summed E-state index contributed by atoms with van der Waals surface area (Å²) in [6.45, 7) is 1.38. The Morgan fingerprint density at radius 3 is 2.43 bits per heavy atom. The number of amides is 1. The molecule has 21 heavy (non-hydrogen) atoms. The average molecular weight is 287 g/mol. The third-order valence-electron chi connectivity index (χ3n) is 3.34. The second kappa shape index (κ2) is 5.85. The van der Waals surface area contributed by atoms with Crippen molar-refractivity contribution in [3.8, 4) is 11.5 Å². The Kier molecular flexibility index (Phi) is 4.14. The zero-order chi connectivity index (χ0) is 15.5. The van der Waals surface area contributed by atoms with Gasteiger partial charge >= 0.3 is 0 Å². The van der Waals surface area contributed by atoms with Crippen LogP contribution >= 0.6 is 0 Å². The van der Waals surface area contributed by atoms with Crippen LogP contribution in [0, 0.1) is 0 Å². The fraction of sp³-hybridized carbons (Fsp3) is 0.188. The number of nitrogens with one attached hydrogen (secondary N) is 1. The molecule has 0 fully saturated rings. The number of hydrogen-bond donors (Lipinski definition) is 4. The second-order valence-electron chi connectivity index (χ2n) is 5.01. The van der Waals surface area contributed by atoms with Gasteiger partial charge in [-0.3, -0.25) is 4.79 Å². The summed E-state index contributed by atoms with van der Waals surface area (Å²) in [7, 11) is 0. The first kappa shape index (κ1) is 14.9. The van der Waals surface area contributed by atoms with E-state index in [1.54, 1.807) is 31.2 Å². The summed E-state index contributed by atoms with van der Waals surface area (Å²) < 4.78 is 0. The summed E-state index contributed by atoms with van der Waals surface area (Å²) in [5.41, 5.74) is -0.304. The number of aliphatic hydroxyl groups excluding tert-OH is 1. The molecule has 4 N–H and O–H groups in total. The lowest BCUT2D eigenvalue weighted by molar-refractivity contribution is 0.0846. The molecule has 0 aromatic heterocycles. The highest BCUT2D eigenvalue weighted by Crippen LogP contribution is 2.25. The van der Waals surface area contributed by atoms with Crippen molar-refractivity contribution in [2.24, 2.45) is 0 Å². The molecule has 2 rings (SSSR count). The number of carbonyl (C=O) groups is 1. The van der Waals surface area contributed by atoms with Crippen LogP contribution in [0.4, 0.5) is 0 Å². The summed E-state index contributed by atoms with van der Waals surface area (Å²) in [6, 6.07) is 12.7. The molecule has 5 heteroatoms. The van der Waals surface area contributed by atoms with Crippen molar-refractivity contribution < 1.29 is 20.1 Å². The molecule has 0 aliphatic carbocycles. The van der Waals surface area contributed by atoms with Gasteiger partial charge in [-0.2, -0.15) is 0 Å². The molecule has 0 saturated carbocycles. The topological polar surface area (TPSA) is 89.8 Å². The van der Waals surface area contributed by atoms with Crippen LogP contribution in [-0.4, -0.2) is 27.8 Å². The molecular formula is C16H17NO4. The Hall–Kier alpha value is -2.53. The standard InChI is InChI=1S/C16H17NO4/c1-16(10-18,11-5-3-2-4-6-11)17-15(21)13-9-12(19)7-8-14(13)20/h2-9,18-20H,10H2,1H3,(H,17,21). The van der Waals surface area contributed by atoms with Gasteiger partial charge in [-0.05, 0) is 30.7 Å². The molecule has 2 aromatic carbocycles. The van der Waals surface area contributed by atoms with Crippen molar-refractivity contribution in [3.63, 3.8) is 0 Å². The first-order valence-electron chi connectivity index (χ1n) is 6.47. The molecule has 1 unspecified atom stereocenters. The quantitative estimate of drug-likeness (QED) is 0.645. The Morgan fingerprint density at radius 1 is 1.14 bits per heavy atom. The lowest BCUT2D eigenvalue weighted by Crippen LogP contribution is -2.46. The van der Waals surface area contributed by atoms with Gasteiger partial charge in [-0.1, -0.05) is 30.3 Å². The van der Waals surface area contributed by atoms with E-state index in [0.29, 0.717) is 0 Å². The van der Waals surface area contributed by atoms with E-state index < -0.39 is 11.4 Å². The largest absolute Gasteiger partial charge is 0.508 e. The maximum Gasteiger partial charge on any atom is 0.255 e. The maximum atomic E-state index is 12.3. The number of aliphatic hydroxyl groups is 1. The van der Waals surface area contributed by atoms with Crippen LogP contribution in [0.15, 0.2) is 48.5 Å². The number of aromatic hydroxyl groups is 2. The molecule has 0 saturated heterocycles. The summed E-state index contributed by atoms with van der Waals surface area (Å²) in [5, 5.41) is 31.4. The van der Waals surface area contributed by atoms with Crippen LogP contribution in [0.5, 0.6) is 11.5 Å². The van der Waals surface area contributed by atoms with Crippen molar-refractivity contribution in [1.82, 2.24) is 5.32 Å². The van der Waals surface area contributed by atoms with Crippen molar-refractivity contribution >= 4 is 5.91 Å². The molecule has 5 nitrogen and oxygen atoms in total. The molecule has 0 spiro atoms. The van der Waals surface area contributed by atoms with Gasteiger partial charge in [-0.25, -0.2) is 0 Å². The van der Waals surface area contributed by atoms with Crippen LogP contribution in [0.3, 0.4) is 0 Å². The van der Waals surface area contributed by atoms with Gasteiger partial charge in [0, 0.05) is 0 Å². The van der Waals surface area contributed by atoms with Crippen molar-refractivity contribution in [3.05, 3.63) is 59.7 Å². The predicted molar refractivity (Wildman–Crippen MR) is 78.1 cm³/mol. The zero-order valence-electron chi connectivity index (χ0n) is 11.6. The number of phenolic OH excluding ortho intramolecular Hbond substituents is 2. The van der Waals surface area contributed by atoms with Crippen molar-refractivity contribution in [2.75, 3.05) is 6.61 Å². The SMILES string of the molecule is CC(CO)(NC(=O)c1cc(O)ccc1O)c1ccccc1. The van der Waals surface area contributed by atoms with E-state index in [4.69, 9.17) is 0 Å². The molecule has 110 valence electrons. The minimum absolute atomic E-state index is 0.0504. The van der Waals surface area contributed by atoms with E-state index in [-0.39, 0.29) is 23.7 Å². The average Bonchev–Trinajstić information content (AvgIpc) is 2.50. The molecule has 0 aliphatic heterocycles. The number of phenols is 2. The van der Waals surface area contributed by atoms with Gasteiger partial charge in [0.1, 0.15) is 11.5 Å². The Balaban J connectivity index is 2.30. The smallest absolute Gasteiger partial charge is 0.255 e. The highest BCUT2D eigenvalue weighted by atomic mass is 16.3. The fourth-order valence-electron chi connectivity index (χ4n) is 2.03. The highest BCUT2D eigenvalue weighted by Gasteiger charge is 2.29. The van der Waals surface area contributed by atoms with Crippen LogP contribution in [0.1, 0.15) is 22.8 Å². The van der Waals surface area contributed by atoms with Crippen LogP contribution in [-0.2, 0) is 5.54 Å². The van der Waals surface area contributed by atoms with E-state index in [0.717, 1.165) is 5.56 Å². The summed E-state index contributed by atoms with van der Waals surface area (Å²) >= 11 is 0. The normalized spacial score (nSPS) is 13.4. The minimum atomic E-state index is -0.990. The predicted octanol–water partition coefficient (Wildman–Crippen LogP) is 1.74. The number of carbonyl (C=O) groups excluding carboxylic acids is 1. The van der Waals surface area contributed by atoms with Gasteiger partial charge in [0.15, 0.2) is 0 Å². The summed E-state index contributed by atoms with van der Waals surface area (Å²) in [5.74, 6) is -0.939. The Labute approximate surface area is 122 Å². The first-order chi connectivity index (χ1) is 9.96. The summed E-state index contributed by atoms with van der Waals surface area (Å²) in [4.78, 5) is 12.3. The minimum Gasteiger partial charge on any atom is -0.508 e. The van der Waals surface area contributed by atoms with Crippen LogP contribution < -0.4 is 5.32 Å². The molecule has 0 radical (unpaired) electrons. The fourth-order valence-corrected chi connectivity index (χ4v) is 2.03. The number of benzene rings is 2. The summed E-state index contributed by atoms with van der Waals surface area (Å²) in [6.07, 6.45) is 0. The van der Waals surface area contributed by atoms with Gasteiger partial charge in [-0.15, -0.1) is 0 Å². The first-order valence-corrected chi connectivity index (χ1v) is 6.47. The molecule has 2 aromatic rings. The molecule has 1 atom stereocenters. The van der Waals surface area contributed by atoms with E-state index in [9.17, 15) is 20.1 Å². The van der Waals surface area contributed by atoms with E-state index in [2.05, 4.69) is 5.32 Å². The molecule has 0 aliphatic rings. The molecule has 0 bridgehead atoms.